The minimum absolute atomic E-state index is 0.00993. The molecule has 0 atom stereocenters. The van der Waals surface area contributed by atoms with Gasteiger partial charge in [-0.1, -0.05) is 11.6 Å². The number of aromatic carboxylic acids is 1. The van der Waals surface area contributed by atoms with E-state index >= 15 is 0 Å². The van der Waals surface area contributed by atoms with E-state index in [-0.39, 0.29) is 27.9 Å². The Morgan fingerprint density at radius 1 is 1.35 bits per heavy atom. The maximum atomic E-state index is 10.9. The number of nitro groups is 1. The van der Waals surface area contributed by atoms with E-state index in [2.05, 4.69) is 4.98 Å². The van der Waals surface area contributed by atoms with Gasteiger partial charge in [0, 0.05) is 11.1 Å². The van der Waals surface area contributed by atoms with Crippen LogP contribution in [0.3, 0.4) is 0 Å². The number of pyridine rings is 1. The van der Waals surface area contributed by atoms with Crippen LogP contribution in [-0.4, -0.2) is 21.0 Å². The first-order chi connectivity index (χ1) is 9.47. The average Bonchev–Trinajstić information content (AvgIpc) is 2.41. The molecule has 0 aliphatic heterocycles. The predicted molar refractivity (Wildman–Crippen MR) is 69.4 cm³/mol. The summed E-state index contributed by atoms with van der Waals surface area (Å²) in [7, 11) is 0. The zero-order chi connectivity index (χ0) is 14.7. The highest BCUT2D eigenvalue weighted by atomic mass is 35.5. The molecular formula is C12H7ClN2O5. The number of ether oxygens (including phenoxy) is 1. The van der Waals surface area contributed by atoms with Crippen molar-refractivity contribution in [3.63, 3.8) is 0 Å². The largest absolute Gasteiger partial charge is 0.477 e. The molecule has 0 radical (unpaired) electrons. The maximum Gasteiger partial charge on any atom is 0.354 e. The van der Waals surface area contributed by atoms with Crippen LogP contribution in [-0.2, 0) is 0 Å². The fourth-order valence-electron chi connectivity index (χ4n) is 1.41. The Balaban J connectivity index is 2.30. The monoisotopic (exact) mass is 294 g/mol. The van der Waals surface area contributed by atoms with Gasteiger partial charge in [-0.25, -0.2) is 9.78 Å². The van der Waals surface area contributed by atoms with Gasteiger partial charge in [0.05, 0.1) is 11.1 Å². The van der Waals surface area contributed by atoms with Crippen molar-refractivity contribution in [3.8, 4) is 11.5 Å². The van der Waals surface area contributed by atoms with Crippen molar-refractivity contribution in [2.45, 2.75) is 0 Å². The van der Waals surface area contributed by atoms with Gasteiger partial charge in [0.25, 0.3) is 0 Å². The van der Waals surface area contributed by atoms with Gasteiger partial charge in [-0.05, 0) is 24.3 Å². The molecule has 0 amide bonds. The summed E-state index contributed by atoms with van der Waals surface area (Å²) in [5, 5.41) is 19.8. The molecule has 0 saturated carbocycles. The molecule has 0 aliphatic carbocycles. The van der Waals surface area contributed by atoms with Crippen LogP contribution in [0, 0.1) is 10.1 Å². The summed E-state index contributed by atoms with van der Waals surface area (Å²) in [5.41, 5.74) is -0.442. The molecule has 1 heterocycles. The summed E-state index contributed by atoms with van der Waals surface area (Å²) in [5.74, 6) is -1.00. The Morgan fingerprint density at radius 3 is 2.65 bits per heavy atom. The van der Waals surface area contributed by atoms with Crippen LogP contribution in [0.25, 0.3) is 0 Å². The summed E-state index contributed by atoms with van der Waals surface area (Å²) in [6, 6.07) is 6.55. The highest BCUT2D eigenvalue weighted by Gasteiger charge is 2.16. The molecule has 0 saturated heterocycles. The second-order valence-electron chi connectivity index (χ2n) is 3.66. The summed E-state index contributed by atoms with van der Waals surface area (Å²) in [6.45, 7) is 0. The van der Waals surface area contributed by atoms with Gasteiger partial charge in [-0.2, -0.15) is 0 Å². The van der Waals surface area contributed by atoms with E-state index in [0.29, 0.717) is 0 Å². The summed E-state index contributed by atoms with van der Waals surface area (Å²) in [4.78, 5) is 24.5. The fourth-order valence-corrected chi connectivity index (χ4v) is 1.58. The van der Waals surface area contributed by atoms with Crippen LogP contribution in [0.1, 0.15) is 10.5 Å². The molecule has 0 spiro atoms. The lowest BCUT2D eigenvalue weighted by atomic mass is 10.3. The summed E-state index contributed by atoms with van der Waals surface area (Å²) < 4.78 is 5.30. The van der Waals surface area contributed by atoms with E-state index in [1.165, 1.54) is 30.5 Å². The van der Waals surface area contributed by atoms with Crippen LogP contribution < -0.4 is 4.74 Å². The van der Waals surface area contributed by atoms with Crippen molar-refractivity contribution >= 4 is 23.3 Å². The number of carboxylic acid groups (broad SMARTS) is 1. The number of benzene rings is 1. The maximum absolute atomic E-state index is 10.9. The number of aromatic nitrogens is 1. The zero-order valence-electron chi connectivity index (χ0n) is 9.82. The number of rotatable bonds is 4. The third-order valence-corrected chi connectivity index (χ3v) is 2.54. The van der Waals surface area contributed by atoms with Crippen LogP contribution in [0.5, 0.6) is 11.5 Å². The first kappa shape index (κ1) is 13.8. The van der Waals surface area contributed by atoms with Gasteiger partial charge in [-0.3, -0.25) is 10.1 Å². The molecule has 7 nitrogen and oxygen atoms in total. The first-order valence-corrected chi connectivity index (χ1v) is 5.66. The molecule has 20 heavy (non-hydrogen) atoms. The molecule has 2 rings (SSSR count). The summed E-state index contributed by atoms with van der Waals surface area (Å²) >= 11 is 5.68. The third-order valence-electron chi connectivity index (χ3n) is 2.30. The predicted octanol–water partition coefficient (Wildman–Crippen LogP) is 3.13. The minimum Gasteiger partial charge on any atom is -0.477 e. The number of carboxylic acids is 1. The molecule has 8 heteroatoms. The van der Waals surface area contributed by atoms with Crippen LogP contribution in [0.4, 0.5) is 5.69 Å². The van der Waals surface area contributed by atoms with Gasteiger partial charge < -0.3 is 9.84 Å². The van der Waals surface area contributed by atoms with E-state index in [1.54, 1.807) is 0 Å². The number of hydrogen-bond acceptors (Lipinski definition) is 5. The molecular weight excluding hydrogens is 288 g/mol. The quantitative estimate of drug-likeness (QED) is 0.686. The number of carbonyl (C=O) groups is 1. The molecule has 102 valence electrons. The molecule has 1 aromatic carbocycles. The number of nitro benzene ring substituents is 1. The average molecular weight is 295 g/mol. The van der Waals surface area contributed by atoms with Gasteiger partial charge in [0.2, 0.25) is 5.75 Å². The van der Waals surface area contributed by atoms with Crippen molar-refractivity contribution in [3.05, 3.63) is 57.4 Å². The molecule has 0 fully saturated rings. The molecule has 0 aliphatic rings. The van der Waals surface area contributed by atoms with Crippen molar-refractivity contribution in [1.29, 1.82) is 0 Å². The Morgan fingerprint density at radius 2 is 2.10 bits per heavy atom. The fraction of sp³-hybridized carbons (Fsp3) is 0. The zero-order valence-corrected chi connectivity index (χ0v) is 10.6. The minimum atomic E-state index is -1.17. The second-order valence-corrected chi connectivity index (χ2v) is 4.09. The molecule has 0 bridgehead atoms. The van der Waals surface area contributed by atoms with Crippen molar-refractivity contribution in [2.24, 2.45) is 0 Å². The topological polar surface area (TPSA) is 103 Å². The molecule has 1 N–H and O–H groups in total. The van der Waals surface area contributed by atoms with Gasteiger partial charge >= 0.3 is 11.7 Å². The van der Waals surface area contributed by atoms with Crippen LogP contribution in [0.2, 0.25) is 5.02 Å². The van der Waals surface area contributed by atoms with Gasteiger partial charge in [0.15, 0.2) is 0 Å². The van der Waals surface area contributed by atoms with Crippen molar-refractivity contribution < 1.29 is 19.6 Å². The van der Waals surface area contributed by atoms with E-state index in [0.717, 1.165) is 6.07 Å². The van der Waals surface area contributed by atoms with E-state index < -0.39 is 10.9 Å². The Hall–Kier alpha value is -2.67. The lowest BCUT2D eigenvalue weighted by Gasteiger charge is -2.06. The Kier molecular flexibility index (Phi) is 3.81. The van der Waals surface area contributed by atoms with E-state index in [4.69, 9.17) is 21.4 Å². The van der Waals surface area contributed by atoms with Gasteiger partial charge in [0.1, 0.15) is 11.4 Å². The highest BCUT2D eigenvalue weighted by Crippen LogP contribution is 2.33. The standard InChI is InChI=1S/C12H7ClN2O5/c13-7-1-4-11(10(5-7)15(18)19)20-8-2-3-9(12(16)17)14-6-8/h1-6H,(H,16,17). The van der Waals surface area contributed by atoms with Gasteiger partial charge in [-0.15, -0.1) is 0 Å². The smallest absolute Gasteiger partial charge is 0.354 e. The second kappa shape index (κ2) is 5.54. The first-order valence-electron chi connectivity index (χ1n) is 5.28. The van der Waals surface area contributed by atoms with E-state index in [1.807, 2.05) is 0 Å². The lowest BCUT2D eigenvalue weighted by molar-refractivity contribution is -0.385. The third kappa shape index (κ3) is 3.01. The normalized spacial score (nSPS) is 10.1. The number of halogens is 1. The van der Waals surface area contributed by atoms with E-state index in [9.17, 15) is 14.9 Å². The van der Waals surface area contributed by atoms with Crippen molar-refractivity contribution in [1.82, 2.24) is 4.98 Å². The molecule has 1 aromatic heterocycles. The SMILES string of the molecule is O=C(O)c1ccc(Oc2ccc(Cl)cc2[N+](=O)[O-])cn1. The van der Waals surface area contributed by atoms with Crippen LogP contribution in [0.15, 0.2) is 36.5 Å². The summed E-state index contributed by atoms with van der Waals surface area (Å²) in [6.07, 6.45) is 1.17. The Bertz CT molecular complexity index is 672. The Labute approximate surface area is 117 Å². The van der Waals surface area contributed by atoms with Crippen molar-refractivity contribution in [2.75, 3.05) is 0 Å². The highest BCUT2D eigenvalue weighted by molar-refractivity contribution is 6.30. The van der Waals surface area contributed by atoms with Crippen LogP contribution >= 0.6 is 11.6 Å². The molecule has 2 aromatic rings. The number of hydrogen-bond donors (Lipinski definition) is 1. The molecule has 0 unspecified atom stereocenters. The number of nitrogens with zero attached hydrogens (tertiary/aromatic N) is 2. The lowest BCUT2D eigenvalue weighted by Crippen LogP contribution is -1.99.